The summed E-state index contributed by atoms with van der Waals surface area (Å²) in [6.45, 7) is 0. The molecule has 90 valence electrons. The van der Waals surface area contributed by atoms with E-state index in [9.17, 15) is 4.79 Å². The highest BCUT2D eigenvalue weighted by molar-refractivity contribution is 5.95. The molecule has 2 heterocycles. The average molecular weight is 239 g/mol. The van der Waals surface area contributed by atoms with Crippen molar-refractivity contribution in [3.05, 3.63) is 53.1 Å². The summed E-state index contributed by atoms with van der Waals surface area (Å²) in [5.41, 5.74) is 3.45. The molecule has 2 aromatic heterocycles. The lowest BCUT2D eigenvalue weighted by molar-refractivity contribution is 1.23. The predicted molar refractivity (Wildman–Crippen MR) is 73.9 cm³/mol. The molecule has 0 saturated heterocycles. The van der Waals surface area contributed by atoms with Crippen LogP contribution in [0, 0.1) is 0 Å². The van der Waals surface area contributed by atoms with E-state index in [0.717, 1.165) is 22.2 Å². The van der Waals surface area contributed by atoms with Crippen LogP contribution in [0.15, 0.2) is 47.5 Å². The van der Waals surface area contributed by atoms with E-state index < -0.39 is 0 Å². The lowest BCUT2D eigenvalue weighted by Crippen LogP contribution is -2.09. The summed E-state index contributed by atoms with van der Waals surface area (Å²) in [6, 6.07) is 9.74. The number of pyridine rings is 1. The monoisotopic (exact) mass is 239 g/mol. The fraction of sp³-hybridized carbons (Fsp3) is 0.0714. The van der Waals surface area contributed by atoms with Gasteiger partial charge in [-0.25, -0.2) is 0 Å². The molecule has 0 fully saturated rings. The van der Waals surface area contributed by atoms with E-state index in [0.29, 0.717) is 5.56 Å². The maximum absolute atomic E-state index is 12.0. The molecule has 0 saturated carbocycles. The number of aromatic nitrogens is 2. The maximum Gasteiger partial charge on any atom is 0.255 e. The Labute approximate surface area is 104 Å². The predicted octanol–water partition coefficient (Wildman–Crippen LogP) is 2.56. The van der Waals surface area contributed by atoms with E-state index in [1.54, 1.807) is 6.20 Å². The summed E-state index contributed by atoms with van der Waals surface area (Å²) >= 11 is 0. The first kappa shape index (κ1) is 10.7. The summed E-state index contributed by atoms with van der Waals surface area (Å²) in [5.74, 6) is 0. The van der Waals surface area contributed by atoms with Crippen LogP contribution in [0.5, 0.6) is 0 Å². The molecule has 0 aliphatic rings. The lowest BCUT2D eigenvalue weighted by atomic mass is 10.0. The van der Waals surface area contributed by atoms with Gasteiger partial charge < -0.3 is 15.3 Å². The van der Waals surface area contributed by atoms with Gasteiger partial charge in [0.1, 0.15) is 0 Å². The van der Waals surface area contributed by atoms with Crippen LogP contribution in [-0.2, 0) is 0 Å². The Bertz CT molecular complexity index is 755. The summed E-state index contributed by atoms with van der Waals surface area (Å²) in [4.78, 5) is 17.9. The number of benzene rings is 1. The van der Waals surface area contributed by atoms with Gasteiger partial charge in [-0.2, -0.15) is 0 Å². The molecular weight excluding hydrogens is 226 g/mol. The number of nitrogens with one attached hydrogen (secondary N) is 3. The molecule has 3 aromatic rings. The lowest BCUT2D eigenvalue weighted by Gasteiger charge is -2.05. The zero-order valence-corrected chi connectivity index (χ0v) is 9.95. The van der Waals surface area contributed by atoms with E-state index in [1.165, 1.54) is 0 Å². The minimum Gasteiger partial charge on any atom is -0.387 e. The Hall–Kier alpha value is -2.49. The second-order valence-electron chi connectivity index (χ2n) is 4.13. The van der Waals surface area contributed by atoms with Gasteiger partial charge in [0.2, 0.25) is 0 Å². The highest BCUT2D eigenvalue weighted by atomic mass is 16.1. The van der Waals surface area contributed by atoms with Gasteiger partial charge in [0.25, 0.3) is 5.56 Å². The van der Waals surface area contributed by atoms with Gasteiger partial charge in [-0.15, -0.1) is 0 Å². The summed E-state index contributed by atoms with van der Waals surface area (Å²) < 4.78 is 0. The van der Waals surface area contributed by atoms with Crippen LogP contribution in [0.2, 0.25) is 0 Å². The third-order valence-electron chi connectivity index (χ3n) is 3.08. The van der Waals surface area contributed by atoms with Crippen LogP contribution in [0.4, 0.5) is 5.69 Å². The number of anilines is 1. The second kappa shape index (κ2) is 4.07. The first-order valence-electron chi connectivity index (χ1n) is 5.76. The van der Waals surface area contributed by atoms with Gasteiger partial charge in [-0.3, -0.25) is 4.79 Å². The van der Waals surface area contributed by atoms with Crippen LogP contribution in [0.25, 0.3) is 22.0 Å². The van der Waals surface area contributed by atoms with Crippen molar-refractivity contribution in [1.82, 2.24) is 9.97 Å². The number of hydrogen-bond acceptors (Lipinski definition) is 2. The smallest absolute Gasteiger partial charge is 0.255 e. The summed E-state index contributed by atoms with van der Waals surface area (Å²) in [6.07, 6.45) is 3.55. The molecule has 0 bridgehead atoms. The van der Waals surface area contributed by atoms with E-state index in [2.05, 4.69) is 15.3 Å². The van der Waals surface area contributed by atoms with Crippen LogP contribution >= 0.6 is 0 Å². The van der Waals surface area contributed by atoms with Gasteiger partial charge in [0, 0.05) is 35.9 Å². The minimum absolute atomic E-state index is 0.0808. The molecule has 0 radical (unpaired) electrons. The molecule has 0 aliphatic heterocycles. The number of hydrogen-bond donors (Lipinski definition) is 3. The van der Waals surface area contributed by atoms with E-state index >= 15 is 0 Å². The third kappa shape index (κ3) is 1.59. The van der Waals surface area contributed by atoms with Crippen molar-refractivity contribution in [2.75, 3.05) is 12.4 Å². The van der Waals surface area contributed by atoms with Gasteiger partial charge in [-0.05, 0) is 23.8 Å². The first-order valence-corrected chi connectivity index (χ1v) is 5.76. The van der Waals surface area contributed by atoms with Gasteiger partial charge in [0.05, 0.1) is 5.69 Å². The van der Waals surface area contributed by atoms with Gasteiger partial charge in [-0.1, -0.05) is 12.1 Å². The highest BCUT2D eigenvalue weighted by Crippen LogP contribution is 2.26. The Morgan fingerprint density at radius 3 is 2.83 bits per heavy atom. The Balaban J connectivity index is 2.32. The number of fused-ring (bicyclic) bond motifs is 1. The maximum atomic E-state index is 12.0. The molecule has 0 atom stereocenters. The number of rotatable bonds is 2. The quantitative estimate of drug-likeness (QED) is 0.643. The molecule has 0 aliphatic carbocycles. The molecule has 18 heavy (non-hydrogen) atoms. The molecular formula is C14H13N3O. The summed E-state index contributed by atoms with van der Waals surface area (Å²) in [7, 11) is 1.83. The van der Waals surface area contributed by atoms with Crippen LogP contribution in [0.1, 0.15) is 0 Å². The second-order valence-corrected chi connectivity index (χ2v) is 4.13. The average Bonchev–Trinajstić information content (AvgIpc) is 2.87. The van der Waals surface area contributed by atoms with Crippen molar-refractivity contribution in [3.63, 3.8) is 0 Å². The largest absolute Gasteiger partial charge is 0.387 e. The van der Waals surface area contributed by atoms with Crippen molar-refractivity contribution in [2.24, 2.45) is 0 Å². The molecule has 0 spiro atoms. The van der Waals surface area contributed by atoms with E-state index in [-0.39, 0.29) is 5.56 Å². The first-order chi connectivity index (χ1) is 8.79. The standard InChI is InChI=1S/C14H13N3O/c1-15-9-7-12(14(18)17-8-9)10-3-2-4-13-11(10)5-6-16-13/h2-8,15-16H,1H3,(H,17,18). The van der Waals surface area contributed by atoms with Gasteiger partial charge >= 0.3 is 0 Å². The van der Waals surface area contributed by atoms with E-state index in [4.69, 9.17) is 0 Å². The Kier molecular flexibility index (Phi) is 2.41. The molecule has 1 aromatic carbocycles. The Morgan fingerprint density at radius 2 is 2.00 bits per heavy atom. The van der Waals surface area contributed by atoms with Crippen molar-refractivity contribution < 1.29 is 0 Å². The molecule has 3 rings (SSSR count). The fourth-order valence-corrected chi connectivity index (χ4v) is 2.15. The molecule has 4 nitrogen and oxygen atoms in total. The van der Waals surface area contributed by atoms with Crippen molar-refractivity contribution in [1.29, 1.82) is 0 Å². The van der Waals surface area contributed by atoms with Crippen LogP contribution in [-0.4, -0.2) is 17.0 Å². The fourth-order valence-electron chi connectivity index (χ4n) is 2.15. The van der Waals surface area contributed by atoms with Crippen molar-refractivity contribution >= 4 is 16.6 Å². The van der Waals surface area contributed by atoms with Crippen LogP contribution in [0.3, 0.4) is 0 Å². The normalized spacial score (nSPS) is 10.7. The molecule has 0 amide bonds. The minimum atomic E-state index is -0.0808. The topological polar surface area (TPSA) is 60.7 Å². The SMILES string of the molecule is CNc1c[nH]c(=O)c(-c2cccc3[nH]ccc23)c1. The van der Waals surface area contributed by atoms with Crippen molar-refractivity contribution in [3.8, 4) is 11.1 Å². The number of H-pyrrole nitrogens is 2. The highest BCUT2D eigenvalue weighted by Gasteiger charge is 2.08. The van der Waals surface area contributed by atoms with Gasteiger partial charge in [0.15, 0.2) is 0 Å². The summed E-state index contributed by atoms with van der Waals surface area (Å²) in [5, 5.41) is 4.08. The molecule has 4 heteroatoms. The molecule has 0 unspecified atom stereocenters. The third-order valence-corrected chi connectivity index (χ3v) is 3.08. The molecule has 3 N–H and O–H groups in total. The van der Waals surface area contributed by atoms with E-state index in [1.807, 2.05) is 43.6 Å². The zero-order valence-electron chi connectivity index (χ0n) is 9.95. The zero-order chi connectivity index (χ0) is 12.5. The Morgan fingerprint density at radius 1 is 1.11 bits per heavy atom. The number of aromatic amines is 2. The van der Waals surface area contributed by atoms with Crippen LogP contribution < -0.4 is 10.9 Å². The van der Waals surface area contributed by atoms with Crippen molar-refractivity contribution in [2.45, 2.75) is 0 Å².